The molecule has 6 nitrogen and oxygen atoms in total. The van der Waals surface area contributed by atoms with Crippen molar-refractivity contribution in [2.75, 3.05) is 41.5 Å². The smallest absolute Gasteiger partial charge is 0.101 e. The third-order valence-corrected chi connectivity index (χ3v) is 9.86. The number of hydrogen-bond acceptors (Lipinski definition) is 6. The summed E-state index contributed by atoms with van der Waals surface area (Å²) in [6.07, 6.45) is 3.81. The van der Waals surface area contributed by atoms with Gasteiger partial charge < -0.3 is 18.5 Å². The molecule has 0 aliphatic carbocycles. The number of rotatable bonds is 8. The van der Waals surface area contributed by atoms with Gasteiger partial charge in [-0.2, -0.15) is 0 Å². The van der Waals surface area contributed by atoms with Crippen molar-refractivity contribution in [1.29, 1.82) is 0 Å². The van der Waals surface area contributed by atoms with Gasteiger partial charge in [0.2, 0.25) is 0 Å². The number of hydrogen-bond donors (Lipinski definition) is 0. The van der Waals surface area contributed by atoms with Crippen molar-refractivity contribution in [3.8, 4) is 0 Å². The molecule has 10 atom stereocenters. The highest BCUT2D eigenvalue weighted by molar-refractivity contribution is 7.49. The monoisotopic (exact) mass is 466 g/mol. The van der Waals surface area contributed by atoms with Gasteiger partial charge in [0.05, 0.1) is 36.6 Å². The summed E-state index contributed by atoms with van der Waals surface area (Å²) in [6, 6.07) is 0. The second kappa shape index (κ2) is 13.4. The molecule has 0 radical (unpaired) electrons. The van der Waals surface area contributed by atoms with Crippen molar-refractivity contribution < 1.29 is 18.5 Å². The normalized spacial score (nSPS) is 38.6. The first-order valence-corrected chi connectivity index (χ1v) is 14.7. The van der Waals surface area contributed by atoms with Gasteiger partial charge in [-0.3, -0.25) is 9.34 Å². The van der Waals surface area contributed by atoms with Crippen molar-refractivity contribution in [2.24, 2.45) is 11.8 Å². The van der Waals surface area contributed by atoms with Crippen LogP contribution in [0.25, 0.3) is 0 Å². The van der Waals surface area contributed by atoms with Gasteiger partial charge in [0, 0.05) is 11.8 Å². The van der Waals surface area contributed by atoms with Gasteiger partial charge in [0.1, 0.15) is 16.6 Å². The Labute approximate surface area is 189 Å². The summed E-state index contributed by atoms with van der Waals surface area (Å²) < 4.78 is 28.3. The molecule has 30 heavy (non-hydrogen) atoms. The van der Waals surface area contributed by atoms with E-state index in [-0.39, 0.29) is 24.4 Å². The first-order valence-electron chi connectivity index (χ1n) is 11.4. The van der Waals surface area contributed by atoms with Crippen LogP contribution in [0.1, 0.15) is 54.4 Å². The van der Waals surface area contributed by atoms with Crippen LogP contribution in [-0.2, 0) is 18.5 Å². The molecule has 0 spiro atoms. The van der Waals surface area contributed by atoms with Gasteiger partial charge in [-0.1, -0.05) is 27.7 Å². The molecule has 0 aromatic carbocycles. The highest BCUT2D eigenvalue weighted by atomic mass is 31.2. The fourth-order valence-corrected chi connectivity index (χ4v) is 5.43. The maximum atomic E-state index is 6.12. The van der Waals surface area contributed by atoms with Gasteiger partial charge in [-0.15, -0.1) is 0 Å². The molecule has 0 aromatic heterocycles. The summed E-state index contributed by atoms with van der Waals surface area (Å²) in [4.78, 5) is 0. The Morgan fingerprint density at radius 3 is 1.20 bits per heavy atom. The van der Waals surface area contributed by atoms with E-state index < -0.39 is 16.6 Å². The first-order chi connectivity index (χ1) is 13.9. The van der Waals surface area contributed by atoms with Gasteiger partial charge in [0.25, 0.3) is 0 Å². The van der Waals surface area contributed by atoms with E-state index in [0.29, 0.717) is 24.0 Å². The number of nitrogens with zero attached hydrogens (tertiary/aromatic N) is 2. The maximum Gasteiger partial charge on any atom is 0.101 e. The standard InChI is InChI=1S/2C11H24NO2P/c2*1-7-10-11(8(2)9(3)13-10)14-15(6)12(4)5/h2*8-11H,7H2,1-6H3/t2*8-,9+,10-,11?,15?/m11/s1. The van der Waals surface area contributed by atoms with E-state index >= 15 is 0 Å². The highest BCUT2D eigenvalue weighted by Crippen LogP contribution is 2.43. The zero-order valence-electron chi connectivity index (χ0n) is 21.5. The molecule has 0 N–H and O–H groups in total. The molecule has 2 aliphatic rings. The molecule has 2 rings (SSSR count). The average Bonchev–Trinajstić information content (AvgIpc) is 3.12. The lowest BCUT2D eigenvalue weighted by atomic mass is 9.98. The summed E-state index contributed by atoms with van der Waals surface area (Å²) in [5.41, 5.74) is 0. The Kier molecular flexibility index (Phi) is 12.8. The number of ether oxygens (including phenoxy) is 2. The largest absolute Gasteiger partial charge is 0.372 e. The van der Waals surface area contributed by atoms with E-state index in [1.54, 1.807) is 0 Å². The molecule has 2 aliphatic heterocycles. The Morgan fingerprint density at radius 1 is 0.667 bits per heavy atom. The Morgan fingerprint density at radius 2 is 0.967 bits per heavy atom. The molecule has 0 bridgehead atoms. The predicted octanol–water partition coefficient (Wildman–Crippen LogP) is 5.42. The molecule has 2 heterocycles. The van der Waals surface area contributed by atoms with E-state index in [0.717, 1.165) is 12.8 Å². The van der Waals surface area contributed by atoms with E-state index in [2.05, 4.69) is 92.4 Å². The average molecular weight is 467 g/mol. The van der Waals surface area contributed by atoms with Crippen molar-refractivity contribution in [3.05, 3.63) is 0 Å². The first kappa shape index (κ1) is 28.7. The topological polar surface area (TPSA) is 43.4 Å². The van der Waals surface area contributed by atoms with E-state index in [4.69, 9.17) is 18.5 Å². The van der Waals surface area contributed by atoms with E-state index in [9.17, 15) is 0 Å². The molecular formula is C22H48N2O4P2. The Bertz CT molecular complexity index is 444. The lowest BCUT2D eigenvalue weighted by molar-refractivity contribution is 0.0228. The summed E-state index contributed by atoms with van der Waals surface area (Å²) in [6.45, 7) is 17.4. The van der Waals surface area contributed by atoms with Crippen LogP contribution in [0.5, 0.6) is 0 Å². The quantitative estimate of drug-likeness (QED) is 0.445. The molecule has 2 fully saturated rings. The zero-order chi connectivity index (χ0) is 23.2. The third-order valence-electron chi connectivity index (χ3n) is 6.51. The zero-order valence-corrected chi connectivity index (χ0v) is 23.2. The van der Waals surface area contributed by atoms with Crippen LogP contribution >= 0.6 is 16.6 Å². The SMILES string of the molecule is CC[C@H]1O[C@@H](C)[C@@H](C)C1OP(C)N(C)C.CC[C@H]1O[C@@H](C)[C@@H](C)C1OP(C)N(C)C. The van der Waals surface area contributed by atoms with E-state index in [1.807, 2.05) is 0 Å². The highest BCUT2D eigenvalue weighted by Gasteiger charge is 2.41. The molecule has 180 valence electrons. The second-order valence-electron chi connectivity index (χ2n) is 9.06. The van der Waals surface area contributed by atoms with Crippen molar-refractivity contribution in [3.63, 3.8) is 0 Å². The minimum absolute atomic E-state index is 0.267. The van der Waals surface area contributed by atoms with Gasteiger partial charge in [-0.25, -0.2) is 0 Å². The summed E-state index contributed by atoms with van der Waals surface area (Å²) in [5.74, 6) is 1.000. The summed E-state index contributed by atoms with van der Waals surface area (Å²) >= 11 is 0. The van der Waals surface area contributed by atoms with Crippen LogP contribution in [0.2, 0.25) is 0 Å². The van der Waals surface area contributed by atoms with Crippen LogP contribution in [-0.4, -0.2) is 87.5 Å². The fraction of sp³-hybridized carbons (Fsp3) is 1.00. The Hall–Kier alpha value is 0.620. The molecule has 0 amide bonds. The summed E-state index contributed by atoms with van der Waals surface area (Å²) in [7, 11) is 7.31. The lowest BCUT2D eigenvalue weighted by Crippen LogP contribution is -2.28. The van der Waals surface area contributed by atoms with Crippen LogP contribution < -0.4 is 0 Å². The van der Waals surface area contributed by atoms with Crippen LogP contribution in [0.4, 0.5) is 0 Å². The van der Waals surface area contributed by atoms with Gasteiger partial charge >= 0.3 is 0 Å². The molecule has 0 aromatic rings. The molecule has 8 heteroatoms. The molecule has 2 saturated heterocycles. The lowest BCUT2D eigenvalue weighted by Gasteiger charge is -2.27. The molecule has 0 saturated carbocycles. The molecule has 4 unspecified atom stereocenters. The van der Waals surface area contributed by atoms with Crippen molar-refractivity contribution in [2.45, 2.75) is 91.0 Å². The van der Waals surface area contributed by atoms with Gasteiger partial charge in [-0.05, 0) is 68.2 Å². The van der Waals surface area contributed by atoms with Crippen molar-refractivity contribution >= 4 is 16.6 Å². The van der Waals surface area contributed by atoms with Crippen LogP contribution in [0.15, 0.2) is 0 Å². The third kappa shape index (κ3) is 7.89. The van der Waals surface area contributed by atoms with E-state index in [1.165, 1.54) is 0 Å². The maximum absolute atomic E-state index is 6.12. The second-order valence-corrected chi connectivity index (χ2v) is 12.9. The minimum atomic E-state index is -0.475. The fourth-order valence-electron chi connectivity index (χ4n) is 3.69. The minimum Gasteiger partial charge on any atom is -0.372 e. The molecular weight excluding hydrogens is 418 g/mol. The van der Waals surface area contributed by atoms with Crippen LogP contribution in [0, 0.1) is 11.8 Å². The van der Waals surface area contributed by atoms with Gasteiger partial charge in [0.15, 0.2) is 0 Å². The van der Waals surface area contributed by atoms with Crippen molar-refractivity contribution in [1.82, 2.24) is 9.34 Å². The Balaban J connectivity index is 0.000000300. The summed E-state index contributed by atoms with van der Waals surface area (Å²) in [5, 5.41) is 0. The van der Waals surface area contributed by atoms with Crippen LogP contribution in [0.3, 0.4) is 0 Å². The predicted molar refractivity (Wildman–Crippen MR) is 130 cm³/mol.